The quantitative estimate of drug-likeness (QED) is 0.590. The number of sulfonamides is 1. The molecule has 0 aliphatic rings. The van der Waals surface area contributed by atoms with Gasteiger partial charge in [0.05, 0.1) is 23.3 Å². The van der Waals surface area contributed by atoms with Gasteiger partial charge in [-0.3, -0.25) is 13.7 Å². The highest BCUT2D eigenvalue weighted by molar-refractivity contribution is 7.92. The molecular weight excluding hydrogens is 442 g/mol. The normalized spacial score (nSPS) is 11.7. The van der Waals surface area contributed by atoms with Crippen molar-refractivity contribution in [1.29, 1.82) is 0 Å². The lowest BCUT2D eigenvalue weighted by Crippen LogP contribution is -2.27. The topological polar surface area (TPSA) is 97.7 Å². The summed E-state index contributed by atoms with van der Waals surface area (Å²) in [5, 5.41) is 2.80. The number of nitrogens with one attached hydrogen (secondary N) is 1. The fraction of sp³-hybridized carbons (Fsp3) is 0.250. The minimum atomic E-state index is -3.58. The maximum atomic E-state index is 12.8. The molecule has 174 valence electrons. The van der Waals surface area contributed by atoms with Gasteiger partial charge < -0.3 is 10.1 Å². The minimum Gasteiger partial charge on any atom is -0.443 e. The van der Waals surface area contributed by atoms with Gasteiger partial charge in [-0.05, 0) is 57.2 Å². The average molecular weight is 470 g/mol. The van der Waals surface area contributed by atoms with Crippen LogP contribution in [0.1, 0.15) is 31.1 Å². The van der Waals surface area contributed by atoms with Gasteiger partial charge in [-0.2, -0.15) is 0 Å². The van der Waals surface area contributed by atoms with Crippen molar-refractivity contribution in [2.24, 2.45) is 0 Å². The largest absolute Gasteiger partial charge is 0.443 e. The fourth-order valence-corrected chi connectivity index (χ4v) is 3.64. The first-order chi connectivity index (χ1) is 15.4. The summed E-state index contributed by atoms with van der Waals surface area (Å²) in [5.74, 6) is -0.390. The Morgan fingerprint density at radius 3 is 2.27 bits per heavy atom. The smallest absolute Gasteiger partial charge is 0.418 e. The molecule has 33 heavy (non-hydrogen) atoms. The first-order valence-corrected chi connectivity index (χ1v) is 12.1. The Kier molecular flexibility index (Phi) is 6.64. The second-order valence-electron chi connectivity index (χ2n) is 8.53. The highest BCUT2D eigenvalue weighted by atomic mass is 32.2. The molecule has 0 atom stereocenters. The monoisotopic (exact) mass is 469 g/mol. The van der Waals surface area contributed by atoms with Crippen LogP contribution in [0.4, 0.5) is 16.2 Å². The number of benzene rings is 2. The Morgan fingerprint density at radius 1 is 1.00 bits per heavy atom. The van der Waals surface area contributed by atoms with Crippen LogP contribution in [-0.4, -0.2) is 43.9 Å². The highest BCUT2D eigenvalue weighted by Gasteiger charge is 2.22. The number of amides is 1. The van der Waals surface area contributed by atoms with E-state index in [4.69, 9.17) is 4.74 Å². The van der Waals surface area contributed by atoms with E-state index in [0.29, 0.717) is 22.5 Å². The van der Waals surface area contributed by atoms with Crippen LogP contribution in [-0.2, 0) is 14.8 Å². The highest BCUT2D eigenvalue weighted by Crippen LogP contribution is 2.33. The molecule has 1 aromatic heterocycles. The summed E-state index contributed by atoms with van der Waals surface area (Å²) in [6.07, 6.45) is 2.12. The molecule has 0 unspecified atom stereocenters. The third-order valence-corrected chi connectivity index (χ3v) is 5.94. The minimum absolute atomic E-state index is 0.284. The maximum absolute atomic E-state index is 12.8. The zero-order chi connectivity index (χ0) is 24.4. The van der Waals surface area contributed by atoms with Crippen molar-refractivity contribution in [3.05, 3.63) is 72.4 Å². The number of carbonyl (C=O) groups is 2. The number of aromatic nitrogens is 1. The molecule has 0 aliphatic carbocycles. The summed E-state index contributed by atoms with van der Waals surface area (Å²) < 4.78 is 32.3. The summed E-state index contributed by atoms with van der Waals surface area (Å²) in [6.45, 7) is 5.34. The molecule has 3 rings (SSSR count). The van der Waals surface area contributed by atoms with E-state index in [9.17, 15) is 18.0 Å². The lowest BCUT2D eigenvalue weighted by Gasteiger charge is -2.22. The third-order valence-electron chi connectivity index (χ3n) is 4.75. The van der Waals surface area contributed by atoms with Crippen molar-refractivity contribution in [3.63, 3.8) is 0 Å². The first-order valence-electron chi connectivity index (χ1n) is 10.2. The summed E-state index contributed by atoms with van der Waals surface area (Å²) in [4.78, 5) is 25.5. The predicted molar refractivity (Wildman–Crippen MR) is 129 cm³/mol. The van der Waals surface area contributed by atoms with Crippen LogP contribution in [0.15, 0.2) is 66.9 Å². The Balaban J connectivity index is 2.06. The number of hydrogen-bond donors (Lipinski definition) is 1. The van der Waals surface area contributed by atoms with Gasteiger partial charge >= 0.3 is 6.09 Å². The molecule has 0 saturated carbocycles. The lowest BCUT2D eigenvalue weighted by atomic mass is 10.1. The van der Waals surface area contributed by atoms with E-state index in [1.165, 1.54) is 11.6 Å². The molecule has 8 nitrogen and oxygen atoms in total. The number of nitrogens with zero attached hydrogens (tertiary/aromatic N) is 2. The summed E-state index contributed by atoms with van der Waals surface area (Å²) in [6, 6.07) is 16.9. The summed E-state index contributed by atoms with van der Waals surface area (Å²) >= 11 is 0. The van der Waals surface area contributed by atoms with Crippen LogP contribution in [0.25, 0.3) is 11.3 Å². The fourth-order valence-electron chi connectivity index (χ4n) is 3.12. The molecule has 9 heteroatoms. The van der Waals surface area contributed by atoms with Gasteiger partial charge in [-0.25, -0.2) is 13.2 Å². The van der Waals surface area contributed by atoms with E-state index in [1.807, 2.05) is 0 Å². The molecule has 0 saturated heterocycles. The van der Waals surface area contributed by atoms with E-state index in [-0.39, 0.29) is 5.69 Å². The maximum Gasteiger partial charge on any atom is 0.418 e. The SMILES string of the molecule is CN(c1ccc(-c2cccn2C(=O)OC(C)(C)C)cc1NC(=O)c1ccccc1)S(C)(=O)=O. The second-order valence-corrected chi connectivity index (χ2v) is 10.5. The van der Waals surface area contributed by atoms with E-state index < -0.39 is 27.6 Å². The van der Waals surface area contributed by atoms with E-state index in [0.717, 1.165) is 10.6 Å². The molecule has 1 N–H and O–H groups in total. The van der Waals surface area contributed by atoms with Crippen LogP contribution in [0.2, 0.25) is 0 Å². The third kappa shape index (κ3) is 5.81. The Labute approximate surface area is 193 Å². The number of rotatable bonds is 5. The van der Waals surface area contributed by atoms with Crippen molar-refractivity contribution in [2.75, 3.05) is 22.9 Å². The van der Waals surface area contributed by atoms with Gasteiger partial charge in [0.25, 0.3) is 5.91 Å². The number of carbonyl (C=O) groups excluding carboxylic acids is 2. The van der Waals surface area contributed by atoms with Crippen LogP contribution in [0.5, 0.6) is 0 Å². The van der Waals surface area contributed by atoms with Crippen molar-refractivity contribution in [2.45, 2.75) is 26.4 Å². The molecule has 0 fully saturated rings. The van der Waals surface area contributed by atoms with Gasteiger partial charge in [0, 0.05) is 24.4 Å². The van der Waals surface area contributed by atoms with Crippen LogP contribution >= 0.6 is 0 Å². The van der Waals surface area contributed by atoms with Crippen molar-refractivity contribution < 1.29 is 22.7 Å². The molecule has 0 spiro atoms. The summed E-state index contributed by atoms with van der Waals surface area (Å²) in [5.41, 5.74) is 1.46. The Morgan fingerprint density at radius 2 is 1.67 bits per heavy atom. The van der Waals surface area contributed by atoms with Gasteiger partial charge in [-0.15, -0.1) is 0 Å². The molecule has 0 bridgehead atoms. The van der Waals surface area contributed by atoms with Gasteiger partial charge in [0.15, 0.2) is 0 Å². The number of ether oxygens (including phenoxy) is 1. The molecule has 1 heterocycles. The van der Waals surface area contributed by atoms with E-state index in [1.54, 1.807) is 87.6 Å². The predicted octanol–water partition coefficient (Wildman–Crippen LogP) is 4.59. The molecule has 3 aromatic rings. The van der Waals surface area contributed by atoms with Crippen molar-refractivity contribution >= 4 is 33.4 Å². The van der Waals surface area contributed by atoms with Gasteiger partial charge in [-0.1, -0.05) is 24.3 Å². The molecule has 2 aromatic carbocycles. The van der Waals surface area contributed by atoms with E-state index >= 15 is 0 Å². The number of anilines is 2. The van der Waals surface area contributed by atoms with Crippen molar-refractivity contribution in [3.8, 4) is 11.3 Å². The molecular formula is C24H27N3O5S. The molecule has 0 aliphatic heterocycles. The van der Waals surface area contributed by atoms with Crippen LogP contribution < -0.4 is 9.62 Å². The van der Waals surface area contributed by atoms with Crippen LogP contribution in [0, 0.1) is 0 Å². The van der Waals surface area contributed by atoms with Gasteiger partial charge in [0.2, 0.25) is 10.0 Å². The zero-order valence-corrected chi connectivity index (χ0v) is 20.0. The number of hydrogen-bond acceptors (Lipinski definition) is 5. The zero-order valence-electron chi connectivity index (χ0n) is 19.2. The standard InChI is InChI=1S/C24H27N3O5S/c1-24(2,3)32-23(29)27-15-9-12-20(27)18-13-14-21(26(4)33(5,30)31)19(16-18)25-22(28)17-10-7-6-8-11-17/h6-16H,1-5H3,(H,25,28). The first kappa shape index (κ1) is 24.1. The summed E-state index contributed by atoms with van der Waals surface area (Å²) in [7, 11) is -2.18. The van der Waals surface area contributed by atoms with Crippen LogP contribution in [0.3, 0.4) is 0 Å². The Hall–Kier alpha value is -3.59. The lowest BCUT2D eigenvalue weighted by molar-refractivity contribution is 0.0540. The van der Waals surface area contributed by atoms with Gasteiger partial charge in [0.1, 0.15) is 5.60 Å². The second kappa shape index (κ2) is 9.11. The molecule has 1 amide bonds. The average Bonchev–Trinajstić information content (AvgIpc) is 3.22. The molecule has 0 radical (unpaired) electrons. The van der Waals surface area contributed by atoms with Crippen molar-refractivity contribution in [1.82, 2.24) is 4.57 Å². The Bertz CT molecular complexity index is 1270. The van der Waals surface area contributed by atoms with E-state index in [2.05, 4.69) is 5.32 Å².